The molecule has 0 aliphatic carbocycles. The molecule has 1 heterocycles. The Hall–Kier alpha value is -3.68. The first kappa shape index (κ1) is 19.1. The smallest absolute Gasteiger partial charge is 0.258 e. The highest BCUT2D eigenvalue weighted by molar-refractivity contribution is 5.96. The quantitative estimate of drug-likeness (QED) is 0.671. The molecule has 8 nitrogen and oxygen atoms in total. The lowest BCUT2D eigenvalue weighted by molar-refractivity contribution is -0.129. The summed E-state index contributed by atoms with van der Waals surface area (Å²) in [5.74, 6) is 0.351. The minimum Gasteiger partial charge on any atom is -0.497 e. The van der Waals surface area contributed by atoms with Gasteiger partial charge in [0.25, 0.3) is 11.5 Å². The highest BCUT2D eigenvalue weighted by Gasteiger charge is 2.14. The van der Waals surface area contributed by atoms with Crippen molar-refractivity contribution in [2.24, 2.45) is 0 Å². The summed E-state index contributed by atoms with van der Waals surface area (Å²) in [6.45, 7) is -0.0451. The van der Waals surface area contributed by atoms with E-state index in [-0.39, 0.29) is 30.5 Å². The number of aromatic nitrogens is 2. The monoisotopic (exact) mass is 380 g/mol. The van der Waals surface area contributed by atoms with Crippen LogP contribution in [0.4, 0.5) is 0 Å². The number of aromatic amines is 1. The molecule has 28 heavy (non-hydrogen) atoms. The second-order valence-electron chi connectivity index (χ2n) is 6.19. The van der Waals surface area contributed by atoms with Crippen LogP contribution in [0.2, 0.25) is 0 Å². The van der Waals surface area contributed by atoms with Crippen LogP contribution >= 0.6 is 0 Å². The molecule has 0 aliphatic rings. The van der Waals surface area contributed by atoms with Crippen molar-refractivity contribution in [3.05, 3.63) is 70.3 Å². The van der Waals surface area contributed by atoms with Crippen LogP contribution < -0.4 is 15.6 Å². The van der Waals surface area contributed by atoms with Crippen molar-refractivity contribution < 1.29 is 14.3 Å². The summed E-state index contributed by atoms with van der Waals surface area (Å²) >= 11 is 0. The maximum absolute atomic E-state index is 12.3. The molecule has 0 aliphatic heterocycles. The highest BCUT2D eigenvalue weighted by atomic mass is 16.5. The Labute approximate surface area is 161 Å². The fourth-order valence-corrected chi connectivity index (χ4v) is 2.66. The van der Waals surface area contributed by atoms with E-state index < -0.39 is 0 Å². The summed E-state index contributed by atoms with van der Waals surface area (Å²) in [5.41, 5.74) is 0.737. The molecule has 3 rings (SSSR count). The number of nitrogens with one attached hydrogen (secondary N) is 2. The predicted molar refractivity (Wildman–Crippen MR) is 104 cm³/mol. The highest BCUT2D eigenvalue weighted by Crippen LogP contribution is 2.11. The minimum atomic E-state index is -0.360. The zero-order valence-electron chi connectivity index (χ0n) is 15.6. The fraction of sp³-hybridized carbons (Fsp3) is 0.200. The molecule has 0 unspecified atom stereocenters. The van der Waals surface area contributed by atoms with Gasteiger partial charge in [0.15, 0.2) is 0 Å². The first-order valence-electron chi connectivity index (χ1n) is 8.62. The summed E-state index contributed by atoms with van der Waals surface area (Å²) in [7, 11) is 3.12. The Balaban J connectivity index is 1.60. The molecule has 0 saturated heterocycles. The summed E-state index contributed by atoms with van der Waals surface area (Å²) in [6.07, 6.45) is 0. The van der Waals surface area contributed by atoms with Crippen molar-refractivity contribution >= 4 is 22.7 Å². The Kier molecular flexibility index (Phi) is 5.69. The van der Waals surface area contributed by atoms with Gasteiger partial charge in [-0.2, -0.15) is 0 Å². The van der Waals surface area contributed by atoms with Gasteiger partial charge in [-0.15, -0.1) is 0 Å². The molecule has 0 bridgehead atoms. The molecule has 2 aromatic carbocycles. The van der Waals surface area contributed by atoms with Gasteiger partial charge in [-0.05, 0) is 36.4 Å². The van der Waals surface area contributed by atoms with Crippen molar-refractivity contribution in [2.75, 3.05) is 20.7 Å². The van der Waals surface area contributed by atoms with Gasteiger partial charge in [-0.1, -0.05) is 12.1 Å². The van der Waals surface area contributed by atoms with Crippen molar-refractivity contribution in [1.82, 2.24) is 20.2 Å². The molecule has 0 radical (unpaired) electrons. The van der Waals surface area contributed by atoms with Gasteiger partial charge >= 0.3 is 0 Å². The SMILES string of the molecule is COc1ccc(C(=O)NCC(=O)N(C)Cc2nc3ccccc3c(=O)[nH]2)cc1. The predicted octanol–water partition coefficient (Wildman–Crippen LogP) is 1.32. The molecule has 8 heteroatoms. The van der Waals surface area contributed by atoms with Gasteiger partial charge in [0.2, 0.25) is 5.91 Å². The van der Waals surface area contributed by atoms with E-state index in [4.69, 9.17) is 4.74 Å². The average Bonchev–Trinajstić information content (AvgIpc) is 2.71. The minimum absolute atomic E-state index is 0.122. The van der Waals surface area contributed by atoms with E-state index in [0.717, 1.165) is 0 Å². The molecule has 2 N–H and O–H groups in total. The molecule has 144 valence electrons. The zero-order chi connectivity index (χ0) is 20.1. The van der Waals surface area contributed by atoms with Crippen LogP contribution in [0.3, 0.4) is 0 Å². The number of amides is 2. The van der Waals surface area contributed by atoms with Crippen LogP contribution in [0.15, 0.2) is 53.3 Å². The van der Waals surface area contributed by atoms with E-state index >= 15 is 0 Å². The van der Waals surface area contributed by atoms with Crippen LogP contribution in [-0.4, -0.2) is 47.4 Å². The topological polar surface area (TPSA) is 104 Å². The van der Waals surface area contributed by atoms with Gasteiger partial charge in [-0.3, -0.25) is 14.4 Å². The largest absolute Gasteiger partial charge is 0.497 e. The standard InChI is InChI=1S/C20H20N4O4/c1-24(12-17-22-16-6-4-3-5-15(16)20(27)23-17)18(25)11-21-19(26)13-7-9-14(28-2)10-8-13/h3-10H,11-12H2,1-2H3,(H,21,26)(H,22,23,27). The lowest BCUT2D eigenvalue weighted by Crippen LogP contribution is -2.38. The number of para-hydroxylation sites is 1. The van der Waals surface area contributed by atoms with Gasteiger partial charge in [-0.25, -0.2) is 4.98 Å². The lowest BCUT2D eigenvalue weighted by atomic mass is 10.2. The number of benzene rings is 2. The lowest BCUT2D eigenvalue weighted by Gasteiger charge is -2.17. The Morgan fingerprint density at radius 2 is 1.86 bits per heavy atom. The number of hydrogen-bond acceptors (Lipinski definition) is 5. The van der Waals surface area contributed by atoms with Gasteiger partial charge in [0.05, 0.1) is 31.1 Å². The average molecular weight is 380 g/mol. The van der Waals surface area contributed by atoms with Crippen molar-refractivity contribution in [3.8, 4) is 5.75 Å². The van der Waals surface area contributed by atoms with E-state index in [1.165, 1.54) is 4.90 Å². The molecule has 0 fully saturated rings. The fourth-order valence-electron chi connectivity index (χ4n) is 2.66. The molecule has 2 amide bonds. The third-order valence-electron chi connectivity index (χ3n) is 4.23. The third kappa shape index (κ3) is 4.35. The molecule has 0 spiro atoms. The van der Waals surface area contributed by atoms with Gasteiger partial charge < -0.3 is 19.9 Å². The van der Waals surface area contributed by atoms with Gasteiger partial charge in [0.1, 0.15) is 11.6 Å². The second kappa shape index (κ2) is 8.34. The maximum atomic E-state index is 12.3. The number of fused-ring (bicyclic) bond motifs is 1. The van der Waals surface area contributed by atoms with Gasteiger partial charge in [0, 0.05) is 12.6 Å². The second-order valence-corrected chi connectivity index (χ2v) is 6.19. The zero-order valence-corrected chi connectivity index (χ0v) is 15.6. The van der Waals surface area contributed by atoms with E-state index in [1.54, 1.807) is 62.7 Å². The van der Waals surface area contributed by atoms with E-state index in [0.29, 0.717) is 28.0 Å². The van der Waals surface area contributed by atoms with E-state index in [2.05, 4.69) is 15.3 Å². The number of nitrogens with zero attached hydrogens (tertiary/aromatic N) is 2. The van der Waals surface area contributed by atoms with Crippen LogP contribution in [0, 0.1) is 0 Å². The number of likely N-dealkylation sites (N-methyl/N-ethyl adjacent to an activating group) is 1. The number of ether oxygens (including phenoxy) is 1. The molecular formula is C20H20N4O4. The Morgan fingerprint density at radius 1 is 1.14 bits per heavy atom. The molecule has 1 aromatic heterocycles. The van der Waals surface area contributed by atoms with Crippen LogP contribution in [0.25, 0.3) is 10.9 Å². The van der Waals surface area contributed by atoms with Crippen molar-refractivity contribution in [2.45, 2.75) is 6.54 Å². The number of H-pyrrole nitrogens is 1. The molecular weight excluding hydrogens is 360 g/mol. The normalized spacial score (nSPS) is 10.5. The van der Waals surface area contributed by atoms with Crippen molar-refractivity contribution in [1.29, 1.82) is 0 Å². The van der Waals surface area contributed by atoms with Crippen LogP contribution in [0.5, 0.6) is 5.75 Å². The summed E-state index contributed by atoms with van der Waals surface area (Å²) in [5, 5.41) is 3.07. The summed E-state index contributed by atoms with van der Waals surface area (Å²) in [4.78, 5) is 45.0. The van der Waals surface area contributed by atoms with E-state index in [1.807, 2.05) is 0 Å². The van der Waals surface area contributed by atoms with Crippen LogP contribution in [0.1, 0.15) is 16.2 Å². The number of carbonyl (C=O) groups is 2. The number of methoxy groups -OCH3 is 1. The van der Waals surface area contributed by atoms with E-state index in [9.17, 15) is 14.4 Å². The first-order chi connectivity index (χ1) is 13.5. The molecule has 0 saturated carbocycles. The van der Waals surface area contributed by atoms with Crippen LogP contribution in [-0.2, 0) is 11.3 Å². The maximum Gasteiger partial charge on any atom is 0.258 e. The van der Waals surface area contributed by atoms with Crippen molar-refractivity contribution in [3.63, 3.8) is 0 Å². The Bertz CT molecular complexity index is 1060. The molecule has 3 aromatic rings. The number of carbonyl (C=O) groups excluding carboxylic acids is 2. The number of hydrogen-bond donors (Lipinski definition) is 2. The summed E-state index contributed by atoms with van der Waals surface area (Å²) in [6, 6.07) is 13.6. The third-order valence-corrected chi connectivity index (χ3v) is 4.23. The Morgan fingerprint density at radius 3 is 2.57 bits per heavy atom. The first-order valence-corrected chi connectivity index (χ1v) is 8.62. The number of rotatable bonds is 6. The molecule has 0 atom stereocenters. The summed E-state index contributed by atoms with van der Waals surface area (Å²) < 4.78 is 5.05.